The summed E-state index contributed by atoms with van der Waals surface area (Å²) in [5.74, 6) is 0. The lowest BCUT2D eigenvalue weighted by Crippen LogP contribution is -2.15. The standard InChI is InChI=1S/C49H32S/c1-49(2)41-28-30(26-27-39(41)45-46-40-23-11-12-25-42(40)50-48(46)38-22-10-9-21-37(38)47(45)49)43-33-17-5-7-19-35(33)44(36-20-8-6-18-34(36)43)32-24-13-15-29-14-3-4-16-31(29)32/h3-28H,1-2H3. The maximum atomic E-state index is 2.52. The molecule has 0 N–H and O–H groups in total. The van der Waals surface area contributed by atoms with Crippen LogP contribution in [0.1, 0.15) is 25.0 Å². The second-order valence-corrected chi connectivity index (χ2v) is 15.4. The summed E-state index contributed by atoms with van der Waals surface area (Å²) in [5, 5.41) is 13.2. The maximum Gasteiger partial charge on any atom is 0.0440 e. The Hall–Kier alpha value is -5.76. The Kier molecular flexibility index (Phi) is 5.70. The van der Waals surface area contributed by atoms with Crippen LogP contribution in [0.3, 0.4) is 0 Å². The molecule has 0 unspecified atom stereocenters. The van der Waals surface area contributed by atoms with Crippen molar-refractivity contribution >= 4 is 74.6 Å². The molecule has 0 bridgehead atoms. The van der Waals surface area contributed by atoms with Crippen LogP contribution in [0.5, 0.6) is 0 Å². The van der Waals surface area contributed by atoms with Crippen LogP contribution in [0, 0.1) is 0 Å². The quantitative estimate of drug-likeness (QED) is 0.163. The minimum atomic E-state index is -0.175. The van der Waals surface area contributed by atoms with Gasteiger partial charge in [-0.3, -0.25) is 0 Å². The molecule has 0 saturated heterocycles. The zero-order chi connectivity index (χ0) is 33.1. The van der Waals surface area contributed by atoms with Crippen molar-refractivity contribution in [2.75, 3.05) is 0 Å². The third-order valence-corrected chi connectivity index (χ3v) is 12.6. The van der Waals surface area contributed by atoms with Crippen molar-refractivity contribution in [1.82, 2.24) is 0 Å². The van der Waals surface area contributed by atoms with Crippen molar-refractivity contribution in [3.8, 4) is 33.4 Å². The topological polar surface area (TPSA) is 0 Å². The molecule has 0 saturated carbocycles. The fraction of sp³-hybridized carbons (Fsp3) is 0.0612. The highest BCUT2D eigenvalue weighted by atomic mass is 32.1. The monoisotopic (exact) mass is 652 g/mol. The fourth-order valence-corrected chi connectivity index (χ4v) is 10.6. The minimum absolute atomic E-state index is 0.175. The van der Waals surface area contributed by atoms with Gasteiger partial charge in [-0.1, -0.05) is 159 Å². The first-order chi connectivity index (χ1) is 24.6. The summed E-state index contributed by atoms with van der Waals surface area (Å²) in [6, 6.07) is 59.0. The molecule has 10 aromatic rings. The summed E-state index contributed by atoms with van der Waals surface area (Å²) < 4.78 is 2.75. The average Bonchev–Trinajstić information content (AvgIpc) is 3.66. The Labute approximate surface area is 294 Å². The molecule has 0 nitrogen and oxygen atoms in total. The molecule has 1 heteroatoms. The SMILES string of the molecule is CC1(C)c2cc(-c3c4ccccc4c(-c4cccc5ccccc45)c4ccccc34)ccc2-c2c1c1ccccc1c1sc3ccccc3c21. The van der Waals surface area contributed by atoms with Gasteiger partial charge in [-0.25, -0.2) is 0 Å². The Morgan fingerprint density at radius 2 is 0.980 bits per heavy atom. The summed E-state index contributed by atoms with van der Waals surface area (Å²) >= 11 is 1.93. The molecule has 0 spiro atoms. The number of hydrogen-bond donors (Lipinski definition) is 0. The van der Waals surface area contributed by atoms with E-state index in [9.17, 15) is 0 Å². The predicted molar refractivity (Wildman–Crippen MR) is 218 cm³/mol. The highest BCUT2D eigenvalue weighted by Crippen LogP contribution is 2.58. The highest BCUT2D eigenvalue weighted by Gasteiger charge is 2.39. The molecule has 0 fully saturated rings. The molecular formula is C49H32S. The summed E-state index contributed by atoms with van der Waals surface area (Å²) in [6.45, 7) is 4.88. The summed E-state index contributed by atoms with van der Waals surface area (Å²) in [6.07, 6.45) is 0. The average molecular weight is 653 g/mol. The van der Waals surface area contributed by atoms with Crippen LogP contribution in [0.25, 0.3) is 96.6 Å². The van der Waals surface area contributed by atoms with E-state index in [2.05, 4.69) is 172 Å². The first-order valence-corrected chi connectivity index (χ1v) is 18.3. The molecule has 1 aromatic heterocycles. The number of fused-ring (bicyclic) bond motifs is 13. The zero-order valence-corrected chi connectivity index (χ0v) is 28.7. The molecule has 1 aliphatic carbocycles. The van der Waals surface area contributed by atoms with Gasteiger partial charge in [0.2, 0.25) is 0 Å². The summed E-state index contributed by atoms with van der Waals surface area (Å²) in [4.78, 5) is 0. The van der Waals surface area contributed by atoms with Gasteiger partial charge in [-0.15, -0.1) is 11.3 Å². The van der Waals surface area contributed by atoms with Crippen molar-refractivity contribution in [2.24, 2.45) is 0 Å². The van der Waals surface area contributed by atoms with Gasteiger partial charge in [0.15, 0.2) is 0 Å². The predicted octanol–water partition coefficient (Wildman–Crippen LogP) is 14.3. The molecule has 0 amide bonds. The van der Waals surface area contributed by atoms with Gasteiger partial charge in [-0.2, -0.15) is 0 Å². The van der Waals surface area contributed by atoms with E-state index in [1.54, 1.807) is 0 Å². The van der Waals surface area contributed by atoms with Crippen LogP contribution in [0.15, 0.2) is 158 Å². The van der Waals surface area contributed by atoms with E-state index in [1.807, 2.05) is 11.3 Å². The molecule has 234 valence electrons. The first-order valence-electron chi connectivity index (χ1n) is 17.5. The molecule has 11 rings (SSSR count). The van der Waals surface area contributed by atoms with E-state index in [4.69, 9.17) is 0 Å². The number of thiophene rings is 1. The zero-order valence-electron chi connectivity index (χ0n) is 27.9. The van der Waals surface area contributed by atoms with Gasteiger partial charge in [0.1, 0.15) is 0 Å². The first kappa shape index (κ1) is 28.1. The fourth-order valence-electron chi connectivity index (χ4n) is 9.30. The lowest BCUT2D eigenvalue weighted by atomic mass is 9.78. The van der Waals surface area contributed by atoms with E-state index >= 15 is 0 Å². The van der Waals surface area contributed by atoms with Crippen molar-refractivity contribution in [1.29, 1.82) is 0 Å². The van der Waals surface area contributed by atoms with Gasteiger partial charge < -0.3 is 0 Å². The van der Waals surface area contributed by atoms with Gasteiger partial charge in [0.25, 0.3) is 0 Å². The van der Waals surface area contributed by atoms with E-state index < -0.39 is 0 Å². The lowest BCUT2D eigenvalue weighted by molar-refractivity contribution is 0.667. The van der Waals surface area contributed by atoms with Crippen molar-refractivity contribution < 1.29 is 0 Å². The van der Waals surface area contributed by atoms with Crippen molar-refractivity contribution in [3.05, 3.63) is 169 Å². The lowest BCUT2D eigenvalue weighted by Gasteiger charge is -2.24. The Morgan fingerprint density at radius 1 is 0.420 bits per heavy atom. The molecule has 0 aliphatic heterocycles. The van der Waals surface area contributed by atoms with E-state index in [0.717, 1.165) is 0 Å². The second kappa shape index (κ2) is 10.1. The Balaban J connectivity index is 1.23. The molecular weight excluding hydrogens is 621 g/mol. The summed E-state index contributed by atoms with van der Waals surface area (Å²) in [5.41, 5.74) is 10.7. The molecule has 50 heavy (non-hydrogen) atoms. The molecule has 1 aliphatic rings. The minimum Gasteiger partial charge on any atom is -0.135 e. The highest BCUT2D eigenvalue weighted by molar-refractivity contribution is 7.26. The van der Waals surface area contributed by atoms with Crippen LogP contribution >= 0.6 is 11.3 Å². The normalized spacial score (nSPS) is 13.6. The molecule has 1 heterocycles. The largest absolute Gasteiger partial charge is 0.135 e. The third-order valence-electron chi connectivity index (χ3n) is 11.4. The van der Waals surface area contributed by atoms with E-state index in [-0.39, 0.29) is 5.41 Å². The van der Waals surface area contributed by atoms with Crippen LogP contribution in [0.2, 0.25) is 0 Å². The molecule has 0 radical (unpaired) electrons. The van der Waals surface area contributed by atoms with Gasteiger partial charge in [0, 0.05) is 25.6 Å². The van der Waals surface area contributed by atoms with Crippen LogP contribution in [0.4, 0.5) is 0 Å². The number of hydrogen-bond acceptors (Lipinski definition) is 1. The Bertz CT molecular complexity index is 3000. The third kappa shape index (κ3) is 3.65. The second-order valence-electron chi connectivity index (χ2n) is 14.4. The molecule has 9 aromatic carbocycles. The van der Waals surface area contributed by atoms with Gasteiger partial charge in [-0.05, 0) is 99.7 Å². The van der Waals surface area contributed by atoms with Crippen LogP contribution in [-0.2, 0) is 5.41 Å². The number of benzene rings is 9. The van der Waals surface area contributed by atoms with Crippen molar-refractivity contribution in [2.45, 2.75) is 19.3 Å². The maximum absolute atomic E-state index is 2.52. The molecule has 0 atom stereocenters. The van der Waals surface area contributed by atoms with E-state index in [0.29, 0.717) is 0 Å². The Morgan fingerprint density at radius 3 is 1.70 bits per heavy atom. The van der Waals surface area contributed by atoms with Gasteiger partial charge >= 0.3 is 0 Å². The number of rotatable bonds is 2. The summed E-state index contributed by atoms with van der Waals surface area (Å²) in [7, 11) is 0. The smallest absolute Gasteiger partial charge is 0.0440 e. The van der Waals surface area contributed by atoms with Gasteiger partial charge in [0.05, 0.1) is 0 Å². The van der Waals surface area contributed by atoms with Crippen LogP contribution in [-0.4, -0.2) is 0 Å². The van der Waals surface area contributed by atoms with Crippen molar-refractivity contribution in [3.63, 3.8) is 0 Å². The van der Waals surface area contributed by atoms with Crippen LogP contribution < -0.4 is 0 Å². The van der Waals surface area contributed by atoms with E-state index in [1.165, 1.54) is 108 Å².